The predicted octanol–water partition coefficient (Wildman–Crippen LogP) is 3.57. The zero-order valence-electron chi connectivity index (χ0n) is 17.5. The van der Waals surface area contributed by atoms with Gasteiger partial charge in [-0.25, -0.2) is 0 Å². The zero-order valence-corrected chi connectivity index (χ0v) is 17.5. The summed E-state index contributed by atoms with van der Waals surface area (Å²) in [5.41, 5.74) is 1.28. The SMILES string of the molecule is CCOc1cc(/C=C/C(=O)c2ccc3c(c2)OCO3)ccc1O[C@@H](C)C(=O)N(C)C. The standard InChI is InChI=1S/C23H25NO6/c1-5-27-21-12-16(7-10-20(21)30-15(2)23(26)24(3)4)6-9-18(25)17-8-11-19-22(13-17)29-14-28-19/h6-13,15H,5,14H2,1-4H3/b9-6+/t15-/m0/s1. The Morgan fingerprint density at radius 2 is 1.87 bits per heavy atom. The Labute approximate surface area is 175 Å². The number of nitrogens with zero attached hydrogens (tertiary/aromatic N) is 1. The lowest BCUT2D eigenvalue weighted by atomic mass is 10.1. The Hall–Kier alpha value is -3.48. The highest BCUT2D eigenvalue weighted by Crippen LogP contribution is 2.33. The highest BCUT2D eigenvalue weighted by atomic mass is 16.7. The number of likely N-dealkylation sites (N-methyl/N-ethyl adjacent to an activating group) is 1. The van der Waals surface area contributed by atoms with Gasteiger partial charge in [0.1, 0.15) is 0 Å². The maximum absolute atomic E-state index is 12.5. The van der Waals surface area contributed by atoms with Crippen LogP contribution in [0.25, 0.3) is 6.08 Å². The van der Waals surface area contributed by atoms with E-state index in [2.05, 4.69) is 0 Å². The van der Waals surface area contributed by atoms with Crippen molar-refractivity contribution >= 4 is 17.8 Å². The van der Waals surface area contributed by atoms with Gasteiger partial charge in [-0.05, 0) is 55.8 Å². The van der Waals surface area contributed by atoms with E-state index in [1.807, 2.05) is 6.92 Å². The molecule has 0 aromatic heterocycles. The molecule has 2 aromatic carbocycles. The quantitative estimate of drug-likeness (QED) is 0.488. The molecule has 7 nitrogen and oxygen atoms in total. The number of fused-ring (bicyclic) bond motifs is 1. The van der Waals surface area contributed by atoms with Crippen molar-refractivity contribution in [1.29, 1.82) is 0 Å². The summed E-state index contributed by atoms with van der Waals surface area (Å²) in [6, 6.07) is 10.4. The van der Waals surface area contributed by atoms with Crippen LogP contribution in [0.4, 0.5) is 0 Å². The number of benzene rings is 2. The summed E-state index contributed by atoms with van der Waals surface area (Å²) in [6.45, 7) is 4.16. The number of amides is 1. The first kappa shape index (κ1) is 21.2. The molecular weight excluding hydrogens is 386 g/mol. The van der Waals surface area contributed by atoms with Crippen LogP contribution in [0.2, 0.25) is 0 Å². The molecule has 0 N–H and O–H groups in total. The molecule has 7 heteroatoms. The number of allylic oxidation sites excluding steroid dienone is 1. The van der Waals surface area contributed by atoms with Gasteiger partial charge in [0.05, 0.1) is 6.61 Å². The monoisotopic (exact) mass is 411 g/mol. The van der Waals surface area contributed by atoms with Gasteiger partial charge in [-0.3, -0.25) is 9.59 Å². The first-order chi connectivity index (χ1) is 14.4. The van der Waals surface area contributed by atoms with Crippen molar-refractivity contribution in [2.24, 2.45) is 0 Å². The fraction of sp³-hybridized carbons (Fsp3) is 0.304. The van der Waals surface area contributed by atoms with Crippen molar-refractivity contribution in [1.82, 2.24) is 4.90 Å². The van der Waals surface area contributed by atoms with Gasteiger partial charge in [0.25, 0.3) is 5.91 Å². The first-order valence-electron chi connectivity index (χ1n) is 9.65. The summed E-state index contributed by atoms with van der Waals surface area (Å²) >= 11 is 0. The van der Waals surface area contributed by atoms with E-state index in [1.54, 1.807) is 63.5 Å². The second-order valence-corrected chi connectivity index (χ2v) is 6.90. The fourth-order valence-electron chi connectivity index (χ4n) is 2.92. The molecule has 0 spiro atoms. The molecule has 1 heterocycles. The number of ether oxygens (including phenoxy) is 4. The molecule has 0 saturated heterocycles. The summed E-state index contributed by atoms with van der Waals surface area (Å²) in [6.07, 6.45) is 2.54. The zero-order chi connectivity index (χ0) is 21.7. The molecule has 0 fully saturated rings. The number of ketones is 1. The van der Waals surface area contributed by atoms with Gasteiger partial charge in [-0.15, -0.1) is 0 Å². The van der Waals surface area contributed by atoms with E-state index in [-0.39, 0.29) is 18.5 Å². The van der Waals surface area contributed by atoms with Gasteiger partial charge in [-0.1, -0.05) is 12.1 Å². The predicted molar refractivity (Wildman–Crippen MR) is 112 cm³/mol. The number of hydrogen-bond donors (Lipinski definition) is 0. The molecule has 3 rings (SSSR count). The summed E-state index contributed by atoms with van der Waals surface area (Å²) in [5, 5.41) is 0. The topological polar surface area (TPSA) is 74.3 Å². The van der Waals surface area contributed by atoms with Crippen LogP contribution in [-0.4, -0.2) is 50.2 Å². The summed E-state index contributed by atoms with van der Waals surface area (Å²) in [5.74, 6) is 1.88. The van der Waals surface area contributed by atoms with Crippen LogP contribution < -0.4 is 18.9 Å². The van der Waals surface area contributed by atoms with Crippen molar-refractivity contribution in [3.05, 3.63) is 53.6 Å². The van der Waals surface area contributed by atoms with Crippen LogP contribution in [0, 0.1) is 0 Å². The molecule has 0 bridgehead atoms. The van der Waals surface area contributed by atoms with E-state index in [0.29, 0.717) is 35.2 Å². The molecule has 1 aliphatic rings. The van der Waals surface area contributed by atoms with Crippen LogP contribution in [0.5, 0.6) is 23.0 Å². The lowest BCUT2D eigenvalue weighted by Crippen LogP contribution is -2.35. The maximum Gasteiger partial charge on any atom is 0.262 e. The number of hydrogen-bond acceptors (Lipinski definition) is 6. The average molecular weight is 411 g/mol. The van der Waals surface area contributed by atoms with E-state index in [9.17, 15) is 9.59 Å². The molecule has 1 amide bonds. The Balaban J connectivity index is 1.75. The third-order valence-corrected chi connectivity index (χ3v) is 4.44. The van der Waals surface area contributed by atoms with E-state index >= 15 is 0 Å². The van der Waals surface area contributed by atoms with Gasteiger partial charge < -0.3 is 23.8 Å². The lowest BCUT2D eigenvalue weighted by Gasteiger charge is -2.20. The molecule has 1 atom stereocenters. The normalized spacial score (nSPS) is 13.2. The van der Waals surface area contributed by atoms with Crippen LogP contribution in [0.15, 0.2) is 42.5 Å². The second kappa shape index (κ2) is 9.35. The average Bonchev–Trinajstić information content (AvgIpc) is 3.20. The van der Waals surface area contributed by atoms with Crippen molar-refractivity contribution < 1.29 is 28.5 Å². The minimum Gasteiger partial charge on any atom is -0.490 e. The van der Waals surface area contributed by atoms with E-state index in [0.717, 1.165) is 5.56 Å². The summed E-state index contributed by atoms with van der Waals surface area (Å²) in [7, 11) is 3.35. The highest BCUT2D eigenvalue weighted by Gasteiger charge is 2.19. The molecule has 158 valence electrons. The summed E-state index contributed by atoms with van der Waals surface area (Å²) in [4.78, 5) is 26.0. The van der Waals surface area contributed by atoms with Crippen LogP contribution >= 0.6 is 0 Å². The molecule has 0 unspecified atom stereocenters. The molecule has 30 heavy (non-hydrogen) atoms. The van der Waals surface area contributed by atoms with Crippen LogP contribution in [-0.2, 0) is 4.79 Å². The Bertz CT molecular complexity index is 966. The molecule has 0 saturated carbocycles. The van der Waals surface area contributed by atoms with E-state index in [1.165, 1.54) is 11.0 Å². The number of rotatable bonds is 8. The highest BCUT2D eigenvalue weighted by molar-refractivity contribution is 6.07. The first-order valence-corrected chi connectivity index (χ1v) is 9.65. The Kier molecular flexibility index (Phi) is 6.61. The second-order valence-electron chi connectivity index (χ2n) is 6.90. The minimum atomic E-state index is -0.645. The molecule has 2 aromatic rings. The van der Waals surface area contributed by atoms with Crippen LogP contribution in [0.1, 0.15) is 29.8 Å². The molecule has 1 aliphatic heterocycles. The minimum absolute atomic E-state index is 0.143. The third kappa shape index (κ3) is 4.92. The molecular formula is C23H25NO6. The lowest BCUT2D eigenvalue weighted by molar-refractivity contribution is -0.135. The van der Waals surface area contributed by atoms with Gasteiger partial charge in [0, 0.05) is 19.7 Å². The molecule has 0 aliphatic carbocycles. The van der Waals surface area contributed by atoms with E-state index < -0.39 is 6.10 Å². The van der Waals surface area contributed by atoms with Gasteiger partial charge in [0.2, 0.25) is 6.79 Å². The van der Waals surface area contributed by atoms with Gasteiger partial charge in [-0.2, -0.15) is 0 Å². The van der Waals surface area contributed by atoms with Crippen molar-refractivity contribution in [2.45, 2.75) is 20.0 Å². The smallest absolute Gasteiger partial charge is 0.262 e. The number of carbonyl (C=O) groups is 2. The largest absolute Gasteiger partial charge is 0.490 e. The van der Waals surface area contributed by atoms with Crippen molar-refractivity contribution in [3.63, 3.8) is 0 Å². The van der Waals surface area contributed by atoms with Crippen molar-refractivity contribution in [2.75, 3.05) is 27.5 Å². The van der Waals surface area contributed by atoms with E-state index in [4.69, 9.17) is 18.9 Å². The summed E-state index contributed by atoms with van der Waals surface area (Å²) < 4.78 is 22.0. The van der Waals surface area contributed by atoms with Crippen molar-refractivity contribution in [3.8, 4) is 23.0 Å². The maximum atomic E-state index is 12.5. The Morgan fingerprint density at radius 3 is 2.60 bits per heavy atom. The molecule has 0 radical (unpaired) electrons. The number of carbonyl (C=O) groups excluding carboxylic acids is 2. The van der Waals surface area contributed by atoms with Gasteiger partial charge >= 0.3 is 0 Å². The van der Waals surface area contributed by atoms with Crippen LogP contribution in [0.3, 0.4) is 0 Å². The Morgan fingerprint density at radius 1 is 1.10 bits per heavy atom. The van der Waals surface area contributed by atoms with Gasteiger partial charge in [0.15, 0.2) is 34.9 Å². The third-order valence-electron chi connectivity index (χ3n) is 4.44. The fourth-order valence-corrected chi connectivity index (χ4v) is 2.92.